The fraction of sp³-hybridized carbons (Fsp3) is 0.0526. The summed E-state index contributed by atoms with van der Waals surface area (Å²) in [6.07, 6.45) is 1.77. The lowest BCUT2D eigenvalue weighted by atomic mass is 9.98. The van der Waals surface area contributed by atoms with Crippen LogP contribution in [0.1, 0.15) is 5.56 Å². The highest BCUT2D eigenvalue weighted by Gasteiger charge is 2.10. The van der Waals surface area contributed by atoms with E-state index in [-0.39, 0.29) is 0 Å². The van der Waals surface area contributed by atoms with Crippen LogP contribution in [0.3, 0.4) is 0 Å². The Bertz CT molecular complexity index is 780. The van der Waals surface area contributed by atoms with Crippen molar-refractivity contribution in [2.45, 2.75) is 0 Å². The highest BCUT2D eigenvalue weighted by molar-refractivity contribution is 6.30. The first-order chi connectivity index (χ1) is 10.7. The van der Waals surface area contributed by atoms with E-state index in [1.807, 2.05) is 54.6 Å². The van der Waals surface area contributed by atoms with Gasteiger partial charge in [-0.05, 0) is 48.4 Å². The Kier molecular flexibility index (Phi) is 4.12. The molecule has 1 aromatic heterocycles. The van der Waals surface area contributed by atoms with E-state index in [1.54, 1.807) is 13.3 Å². The molecule has 0 amide bonds. The topological polar surface area (TPSA) is 22.1 Å². The third-order valence-electron chi connectivity index (χ3n) is 3.46. The zero-order chi connectivity index (χ0) is 15.5. The second-order valence-corrected chi connectivity index (χ2v) is 5.41. The van der Waals surface area contributed by atoms with Crippen molar-refractivity contribution < 1.29 is 4.74 Å². The van der Waals surface area contributed by atoms with Gasteiger partial charge in [0.05, 0.1) is 12.8 Å². The van der Waals surface area contributed by atoms with Crippen molar-refractivity contribution in [1.82, 2.24) is 4.98 Å². The molecule has 22 heavy (non-hydrogen) atoms. The Hall–Kier alpha value is -2.32. The summed E-state index contributed by atoms with van der Waals surface area (Å²) in [5.74, 6) is 0.829. The number of methoxy groups -OCH3 is 1. The van der Waals surface area contributed by atoms with Gasteiger partial charge in [-0.2, -0.15) is 0 Å². The van der Waals surface area contributed by atoms with Crippen molar-refractivity contribution in [3.8, 4) is 28.1 Å². The molecule has 3 heteroatoms. The van der Waals surface area contributed by atoms with Crippen molar-refractivity contribution in [3.63, 3.8) is 0 Å². The Morgan fingerprint density at radius 3 is 2.23 bits per heavy atom. The molecule has 1 radical (unpaired) electrons. The molecular formula is C19H15ClNO. The molecule has 2 nitrogen and oxygen atoms in total. The van der Waals surface area contributed by atoms with Crippen molar-refractivity contribution >= 4 is 11.6 Å². The van der Waals surface area contributed by atoms with Crippen LogP contribution < -0.4 is 4.74 Å². The first-order valence-electron chi connectivity index (χ1n) is 6.90. The summed E-state index contributed by atoms with van der Waals surface area (Å²) >= 11 is 5.97. The molecule has 109 valence electrons. The van der Waals surface area contributed by atoms with Crippen molar-refractivity contribution in [3.05, 3.63) is 78.3 Å². The van der Waals surface area contributed by atoms with Gasteiger partial charge < -0.3 is 4.74 Å². The van der Waals surface area contributed by atoms with Crippen molar-refractivity contribution in [2.24, 2.45) is 0 Å². The second-order valence-electron chi connectivity index (χ2n) is 4.98. The van der Waals surface area contributed by atoms with Crippen LogP contribution in [0.15, 0.2) is 60.8 Å². The summed E-state index contributed by atoms with van der Waals surface area (Å²) in [6.45, 7) is 3.98. The maximum atomic E-state index is 5.97. The van der Waals surface area contributed by atoms with Crippen LogP contribution in [-0.2, 0) is 0 Å². The minimum atomic E-state index is 0.712. The summed E-state index contributed by atoms with van der Waals surface area (Å²) in [4.78, 5) is 4.56. The average Bonchev–Trinajstić information content (AvgIpc) is 2.56. The molecule has 0 bridgehead atoms. The number of ether oxygens (including phenoxy) is 1. The third-order valence-corrected chi connectivity index (χ3v) is 3.71. The Labute approximate surface area is 135 Å². The molecule has 0 fully saturated rings. The van der Waals surface area contributed by atoms with Gasteiger partial charge >= 0.3 is 0 Å². The van der Waals surface area contributed by atoms with Crippen LogP contribution in [0.2, 0.25) is 5.02 Å². The minimum Gasteiger partial charge on any atom is -0.497 e. The van der Waals surface area contributed by atoms with Crippen molar-refractivity contribution in [1.29, 1.82) is 0 Å². The van der Waals surface area contributed by atoms with Gasteiger partial charge in [-0.25, -0.2) is 0 Å². The number of halogens is 1. The smallest absolute Gasteiger partial charge is 0.118 e. The number of hydrogen-bond donors (Lipinski definition) is 0. The quantitative estimate of drug-likeness (QED) is 0.658. The first-order valence-corrected chi connectivity index (χ1v) is 7.27. The number of aromatic nitrogens is 1. The fourth-order valence-corrected chi connectivity index (χ4v) is 2.46. The van der Waals surface area contributed by atoms with Crippen LogP contribution in [-0.4, -0.2) is 12.1 Å². The van der Waals surface area contributed by atoms with E-state index in [2.05, 4.69) is 11.9 Å². The summed E-state index contributed by atoms with van der Waals surface area (Å²) in [6, 6.07) is 17.7. The maximum Gasteiger partial charge on any atom is 0.118 e. The molecule has 0 spiro atoms. The van der Waals surface area contributed by atoms with Gasteiger partial charge in [-0.15, -0.1) is 0 Å². The predicted octanol–water partition coefficient (Wildman–Crippen LogP) is 5.26. The lowest BCUT2D eigenvalue weighted by Gasteiger charge is -2.11. The van der Waals surface area contributed by atoms with Gasteiger partial charge in [0.15, 0.2) is 0 Å². The standard InChI is InChI=1S/C19H15ClNO/c1-13-11-18(14-5-9-17(22-2)10-6-14)19(21-12-13)15-3-7-16(20)8-4-15/h3-12H,1H2,2H3. The van der Waals surface area contributed by atoms with Crippen LogP contribution in [0.5, 0.6) is 5.75 Å². The molecular weight excluding hydrogens is 294 g/mol. The van der Waals surface area contributed by atoms with Gasteiger partial charge in [0.25, 0.3) is 0 Å². The number of hydrogen-bond acceptors (Lipinski definition) is 2. The van der Waals surface area contributed by atoms with E-state index in [9.17, 15) is 0 Å². The molecule has 0 aliphatic heterocycles. The van der Waals surface area contributed by atoms with Crippen LogP contribution in [0.25, 0.3) is 22.4 Å². The molecule has 0 unspecified atom stereocenters. The van der Waals surface area contributed by atoms with Gasteiger partial charge in [0.2, 0.25) is 0 Å². The van der Waals surface area contributed by atoms with Crippen molar-refractivity contribution in [2.75, 3.05) is 7.11 Å². The third kappa shape index (κ3) is 2.97. The molecule has 3 aromatic rings. The summed E-state index contributed by atoms with van der Waals surface area (Å²) in [5, 5.41) is 0.712. The average molecular weight is 309 g/mol. The highest BCUT2D eigenvalue weighted by atomic mass is 35.5. The Morgan fingerprint density at radius 2 is 1.59 bits per heavy atom. The first kappa shape index (κ1) is 14.6. The fourth-order valence-electron chi connectivity index (χ4n) is 2.34. The summed E-state index contributed by atoms with van der Waals surface area (Å²) in [7, 11) is 1.66. The van der Waals surface area contributed by atoms with E-state index in [0.717, 1.165) is 33.7 Å². The normalized spacial score (nSPS) is 10.5. The van der Waals surface area contributed by atoms with Gasteiger partial charge in [0.1, 0.15) is 5.75 Å². The molecule has 3 rings (SSSR count). The largest absolute Gasteiger partial charge is 0.497 e. The molecule has 0 saturated carbocycles. The molecule has 0 atom stereocenters. The van der Waals surface area contributed by atoms with E-state index < -0.39 is 0 Å². The maximum absolute atomic E-state index is 5.97. The van der Waals surface area contributed by atoms with E-state index in [1.165, 1.54) is 0 Å². The second kappa shape index (κ2) is 6.20. The number of pyridine rings is 1. The number of rotatable bonds is 3. The zero-order valence-corrected chi connectivity index (χ0v) is 13.0. The van der Waals surface area contributed by atoms with E-state index >= 15 is 0 Å². The monoisotopic (exact) mass is 308 g/mol. The van der Waals surface area contributed by atoms with E-state index in [0.29, 0.717) is 5.02 Å². The van der Waals surface area contributed by atoms with Crippen LogP contribution >= 0.6 is 11.6 Å². The molecule has 0 aliphatic carbocycles. The Balaban J connectivity index is 2.13. The van der Waals surface area contributed by atoms with Crippen LogP contribution in [0.4, 0.5) is 0 Å². The lowest BCUT2D eigenvalue weighted by Crippen LogP contribution is -1.91. The molecule has 0 aliphatic rings. The number of nitrogens with zero attached hydrogens (tertiary/aromatic N) is 1. The highest BCUT2D eigenvalue weighted by Crippen LogP contribution is 2.32. The zero-order valence-electron chi connectivity index (χ0n) is 12.2. The number of benzene rings is 2. The molecule has 2 aromatic carbocycles. The minimum absolute atomic E-state index is 0.712. The van der Waals surface area contributed by atoms with Gasteiger partial charge in [0, 0.05) is 22.3 Å². The molecule has 1 heterocycles. The SMILES string of the molecule is [CH2]c1cnc(-c2ccc(Cl)cc2)c(-c2ccc(OC)cc2)c1. The lowest BCUT2D eigenvalue weighted by molar-refractivity contribution is 0.415. The van der Waals surface area contributed by atoms with Crippen LogP contribution in [0, 0.1) is 6.92 Å². The summed E-state index contributed by atoms with van der Waals surface area (Å²) in [5.41, 5.74) is 4.93. The summed E-state index contributed by atoms with van der Waals surface area (Å²) < 4.78 is 5.21. The molecule has 0 saturated heterocycles. The van der Waals surface area contributed by atoms with Gasteiger partial charge in [-0.1, -0.05) is 35.9 Å². The predicted molar refractivity (Wildman–Crippen MR) is 91.1 cm³/mol. The van der Waals surface area contributed by atoms with Gasteiger partial charge in [-0.3, -0.25) is 4.98 Å². The van der Waals surface area contributed by atoms with E-state index in [4.69, 9.17) is 16.3 Å². The molecule has 0 N–H and O–H groups in total. The Morgan fingerprint density at radius 1 is 0.955 bits per heavy atom.